The zero-order valence-electron chi connectivity index (χ0n) is 13.5. The molecule has 1 heterocycles. The van der Waals surface area contributed by atoms with Crippen molar-refractivity contribution in [3.8, 4) is 0 Å². The second kappa shape index (κ2) is 7.21. The third-order valence-corrected chi connectivity index (χ3v) is 5.14. The fraction of sp³-hybridized carbons (Fsp3) is 0.824. The highest BCUT2D eigenvalue weighted by Gasteiger charge is 2.29. The van der Waals surface area contributed by atoms with E-state index in [0.29, 0.717) is 5.92 Å². The Kier molecular flexibility index (Phi) is 5.30. The number of thiazole rings is 1. The first kappa shape index (κ1) is 15.4. The molecule has 2 aliphatic rings. The van der Waals surface area contributed by atoms with Gasteiger partial charge in [0.15, 0.2) is 0 Å². The van der Waals surface area contributed by atoms with Crippen LogP contribution in [0.5, 0.6) is 0 Å². The summed E-state index contributed by atoms with van der Waals surface area (Å²) in [6.07, 6.45) is 5.79. The minimum Gasteiger partial charge on any atom is -0.310 e. The van der Waals surface area contributed by atoms with Gasteiger partial charge in [-0.05, 0) is 50.0 Å². The van der Waals surface area contributed by atoms with Crippen LogP contribution in [0.15, 0.2) is 5.38 Å². The summed E-state index contributed by atoms with van der Waals surface area (Å²) in [7, 11) is 0. The Hall–Kier alpha value is -0.450. The van der Waals surface area contributed by atoms with Crippen LogP contribution in [0.1, 0.15) is 50.2 Å². The van der Waals surface area contributed by atoms with E-state index in [1.165, 1.54) is 49.5 Å². The summed E-state index contributed by atoms with van der Waals surface area (Å²) >= 11 is 1.81. The lowest BCUT2D eigenvalue weighted by atomic mass is 10.2. The standard InChI is InChI=1S/C17H29N3S/c1-13(2)7-18-8-17-19-16(12-21-17)11-20(9-14-3-4-14)10-15-5-6-15/h12-15,18H,3-11H2,1-2H3. The zero-order chi connectivity index (χ0) is 14.7. The summed E-state index contributed by atoms with van der Waals surface area (Å²) in [4.78, 5) is 7.48. The quantitative estimate of drug-likeness (QED) is 0.717. The van der Waals surface area contributed by atoms with Crippen LogP contribution in [0.4, 0.5) is 0 Å². The number of hydrogen-bond acceptors (Lipinski definition) is 4. The van der Waals surface area contributed by atoms with E-state index in [9.17, 15) is 0 Å². The van der Waals surface area contributed by atoms with Crippen molar-refractivity contribution in [2.45, 2.75) is 52.6 Å². The maximum Gasteiger partial charge on any atom is 0.107 e. The summed E-state index contributed by atoms with van der Waals surface area (Å²) in [5.74, 6) is 2.67. The first-order valence-corrected chi connectivity index (χ1v) is 9.43. The van der Waals surface area contributed by atoms with Crippen LogP contribution in [-0.4, -0.2) is 29.5 Å². The molecule has 0 bridgehead atoms. The molecule has 1 aromatic rings. The molecule has 1 N–H and O–H groups in total. The molecule has 0 spiro atoms. The summed E-state index contributed by atoms with van der Waals surface area (Å²) in [6.45, 7) is 10.2. The Bertz CT molecular complexity index is 421. The fourth-order valence-corrected chi connectivity index (χ4v) is 3.49. The third kappa shape index (κ3) is 5.68. The molecule has 0 atom stereocenters. The number of rotatable bonds is 10. The lowest BCUT2D eigenvalue weighted by molar-refractivity contribution is 0.242. The Labute approximate surface area is 133 Å². The number of aromatic nitrogens is 1. The first-order chi connectivity index (χ1) is 10.2. The van der Waals surface area contributed by atoms with Crippen LogP contribution in [0.3, 0.4) is 0 Å². The average molecular weight is 308 g/mol. The second-order valence-electron chi connectivity index (χ2n) is 7.34. The minimum atomic E-state index is 0.706. The Morgan fingerprint density at radius 1 is 1.24 bits per heavy atom. The van der Waals surface area contributed by atoms with Crippen LogP contribution >= 0.6 is 11.3 Å². The largest absolute Gasteiger partial charge is 0.310 e. The van der Waals surface area contributed by atoms with Crippen molar-refractivity contribution < 1.29 is 0 Å². The van der Waals surface area contributed by atoms with Crippen molar-refractivity contribution >= 4 is 11.3 Å². The van der Waals surface area contributed by atoms with Gasteiger partial charge < -0.3 is 5.32 Å². The topological polar surface area (TPSA) is 28.2 Å². The molecule has 3 nitrogen and oxygen atoms in total. The van der Waals surface area contributed by atoms with Gasteiger partial charge >= 0.3 is 0 Å². The Balaban J connectivity index is 1.46. The van der Waals surface area contributed by atoms with Crippen molar-refractivity contribution in [1.82, 2.24) is 15.2 Å². The Morgan fingerprint density at radius 3 is 2.48 bits per heavy atom. The van der Waals surface area contributed by atoms with E-state index in [-0.39, 0.29) is 0 Å². The molecule has 2 aliphatic carbocycles. The van der Waals surface area contributed by atoms with Crippen molar-refractivity contribution in [3.63, 3.8) is 0 Å². The predicted molar refractivity (Wildman–Crippen MR) is 89.4 cm³/mol. The lowest BCUT2D eigenvalue weighted by Crippen LogP contribution is -2.28. The van der Waals surface area contributed by atoms with E-state index in [2.05, 4.69) is 29.4 Å². The molecule has 0 aliphatic heterocycles. The second-order valence-corrected chi connectivity index (χ2v) is 8.28. The average Bonchev–Trinajstić information content (AvgIpc) is 3.33. The SMILES string of the molecule is CC(C)CNCc1nc(CN(CC2CC2)CC2CC2)cs1. The molecule has 0 amide bonds. The summed E-state index contributed by atoms with van der Waals surface area (Å²) in [6, 6.07) is 0. The fourth-order valence-electron chi connectivity index (χ4n) is 2.73. The van der Waals surface area contributed by atoms with Crippen LogP contribution in [-0.2, 0) is 13.1 Å². The first-order valence-electron chi connectivity index (χ1n) is 8.55. The molecule has 0 saturated heterocycles. The van der Waals surface area contributed by atoms with Gasteiger partial charge in [-0.1, -0.05) is 13.8 Å². The highest BCUT2D eigenvalue weighted by Crippen LogP contribution is 2.34. The highest BCUT2D eigenvalue weighted by atomic mass is 32.1. The van der Waals surface area contributed by atoms with Gasteiger partial charge in [0.05, 0.1) is 5.69 Å². The molecule has 1 aromatic heterocycles. The van der Waals surface area contributed by atoms with Crippen LogP contribution in [0.2, 0.25) is 0 Å². The Morgan fingerprint density at radius 2 is 1.90 bits per heavy atom. The monoisotopic (exact) mass is 307 g/mol. The molecule has 21 heavy (non-hydrogen) atoms. The van der Waals surface area contributed by atoms with Crippen molar-refractivity contribution in [2.24, 2.45) is 17.8 Å². The predicted octanol–water partition coefficient (Wildman–Crippen LogP) is 3.51. The van der Waals surface area contributed by atoms with Gasteiger partial charge in [0.2, 0.25) is 0 Å². The molecular weight excluding hydrogens is 278 g/mol. The maximum absolute atomic E-state index is 4.82. The van der Waals surface area contributed by atoms with Crippen LogP contribution < -0.4 is 5.32 Å². The van der Waals surface area contributed by atoms with E-state index in [0.717, 1.165) is 31.5 Å². The lowest BCUT2D eigenvalue weighted by Gasteiger charge is -2.20. The highest BCUT2D eigenvalue weighted by molar-refractivity contribution is 7.09. The van der Waals surface area contributed by atoms with Crippen molar-refractivity contribution in [1.29, 1.82) is 0 Å². The van der Waals surface area contributed by atoms with Crippen molar-refractivity contribution in [3.05, 3.63) is 16.1 Å². The maximum atomic E-state index is 4.82. The zero-order valence-corrected chi connectivity index (χ0v) is 14.3. The van der Waals surface area contributed by atoms with E-state index in [4.69, 9.17) is 4.98 Å². The van der Waals surface area contributed by atoms with Gasteiger partial charge in [-0.2, -0.15) is 0 Å². The van der Waals surface area contributed by atoms with Gasteiger partial charge in [0, 0.05) is 31.6 Å². The van der Waals surface area contributed by atoms with E-state index in [1.807, 2.05) is 11.3 Å². The third-order valence-electron chi connectivity index (χ3n) is 4.24. The molecule has 0 unspecified atom stereocenters. The van der Waals surface area contributed by atoms with Gasteiger partial charge in [-0.25, -0.2) is 4.98 Å². The molecular formula is C17H29N3S. The summed E-state index contributed by atoms with van der Waals surface area (Å²) in [5.41, 5.74) is 1.28. The molecule has 2 saturated carbocycles. The van der Waals surface area contributed by atoms with Gasteiger partial charge in [0.25, 0.3) is 0 Å². The van der Waals surface area contributed by atoms with Gasteiger partial charge in [-0.15, -0.1) is 11.3 Å². The van der Waals surface area contributed by atoms with Crippen LogP contribution in [0.25, 0.3) is 0 Å². The van der Waals surface area contributed by atoms with E-state index in [1.54, 1.807) is 0 Å². The van der Waals surface area contributed by atoms with E-state index >= 15 is 0 Å². The molecule has 0 aromatic carbocycles. The normalized spacial score (nSPS) is 18.9. The molecule has 3 rings (SSSR count). The summed E-state index contributed by atoms with van der Waals surface area (Å²) in [5, 5.41) is 6.99. The van der Waals surface area contributed by atoms with E-state index < -0.39 is 0 Å². The molecule has 4 heteroatoms. The summed E-state index contributed by atoms with van der Waals surface area (Å²) < 4.78 is 0. The minimum absolute atomic E-state index is 0.706. The van der Waals surface area contributed by atoms with Gasteiger partial charge in [0.1, 0.15) is 5.01 Å². The molecule has 118 valence electrons. The number of nitrogens with zero attached hydrogens (tertiary/aromatic N) is 2. The van der Waals surface area contributed by atoms with Crippen molar-refractivity contribution in [2.75, 3.05) is 19.6 Å². The van der Waals surface area contributed by atoms with Crippen LogP contribution in [0, 0.1) is 17.8 Å². The van der Waals surface area contributed by atoms with Gasteiger partial charge in [-0.3, -0.25) is 4.90 Å². The number of nitrogens with one attached hydrogen (secondary N) is 1. The smallest absolute Gasteiger partial charge is 0.107 e. The molecule has 0 radical (unpaired) electrons. The molecule has 2 fully saturated rings. The number of hydrogen-bond donors (Lipinski definition) is 1.